The maximum absolute atomic E-state index is 12.5. The van der Waals surface area contributed by atoms with E-state index in [0.717, 1.165) is 24.3 Å². The highest BCUT2D eigenvalue weighted by Gasteiger charge is 2.22. The van der Waals surface area contributed by atoms with Crippen molar-refractivity contribution in [3.8, 4) is 17.6 Å². The Bertz CT molecular complexity index is 1480. The molecule has 0 heterocycles. The Kier molecular flexibility index (Phi) is 7.53. The molecule has 0 atom stereocenters. The highest BCUT2D eigenvalue weighted by atomic mass is 35.5. The Morgan fingerprint density at radius 1 is 0.917 bits per heavy atom. The van der Waals surface area contributed by atoms with Gasteiger partial charge in [-0.05, 0) is 35.9 Å². The SMILES string of the molecule is N#C/C(=C\c1ccc(Oc2ccc([N+](=O)[O-])cc2[N+](=O)[O-])c(Cl)c1)C(=O)Nc1cccc([N+](=O)[O-])c1. The number of nitro benzene ring substituents is 3. The fourth-order valence-corrected chi connectivity index (χ4v) is 3.09. The summed E-state index contributed by atoms with van der Waals surface area (Å²) in [6.45, 7) is 0. The first-order chi connectivity index (χ1) is 17.1. The lowest BCUT2D eigenvalue weighted by Crippen LogP contribution is -2.13. The topological polar surface area (TPSA) is 192 Å². The molecule has 13 nitrogen and oxygen atoms in total. The molecule has 0 aliphatic rings. The molecule has 3 aromatic carbocycles. The van der Waals surface area contributed by atoms with Crippen molar-refractivity contribution < 1.29 is 24.3 Å². The van der Waals surface area contributed by atoms with Crippen LogP contribution in [0.15, 0.2) is 66.2 Å². The van der Waals surface area contributed by atoms with E-state index in [1.165, 1.54) is 42.5 Å². The van der Waals surface area contributed by atoms with Gasteiger partial charge in [-0.2, -0.15) is 5.26 Å². The second-order valence-electron chi connectivity index (χ2n) is 6.89. The molecule has 180 valence electrons. The van der Waals surface area contributed by atoms with Crippen molar-refractivity contribution in [2.24, 2.45) is 0 Å². The molecule has 14 heteroatoms. The van der Waals surface area contributed by atoms with Gasteiger partial charge in [0.2, 0.25) is 5.75 Å². The van der Waals surface area contributed by atoms with Gasteiger partial charge in [-0.1, -0.05) is 23.7 Å². The molecule has 36 heavy (non-hydrogen) atoms. The summed E-state index contributed by atoms with van der Waals surface area (Å²) in [5.74, 6) is -1.13. The molecule has 1 amide bonds. The van der Waals surface area contributed by atoms with Crippen molar-refractivity contribution in [2.75, 3.05) is 5.32 Å². The molecule has 0 aromatic heterocycles. The molecule has 0 bridgehead atoms. The van der Waals surface area contributed by atoms with Crippen LogP contribution in [0.25, 0.3) is 6.08 Å². The Morgan fingerprint density at radius 2 is 1.58 bits per heavy atom. The van der Waals surface area contributed by atoms with E-state index in [9.17, 15) is 40.4 Å². The van der Waals surface area contributed by atoms with E-state index in [-0.39, 0.29) is 33.5 Å². The van der Waals surface area contributed by atoms with Crippen LogP contribution >= 0.6 is 11.6 Å². The number of carbonyl (C=O) groups excluding carboxylic acids is 1. The summed E-state index contributed by atoms with van der Waals surface area (Å²) in [6.07, 6.45) is 1.21. The number of anilines is 1. The first-order valence-corrected chi connectivity index (χ1v) is 10.0. The van der Waals surface area contributed by atoms with Gasteiger partial charge in [-0.3, -0.25) is 35.1 Å². The maximum atomic E-state index is 12.5. The average Bonchev–Trinajstić information content (AvgIpc) is 2.84. The minimum absolute atomic E-state index is 0.0228. The predicted molar refractivity (Wildman–Crippen MR) is 127 cm³/mol. The van der Waals surface area contributed by atoms with Crippen LogP contribution in [0.1, 0.15) is 5.56 Å². The third-order valence-corrected chi connectivity index (χ3v) is 4.81. The second kappa shape index (κ2) is 10.7. The summed E-state index contributed by atoms with van der Waals surface area (Å²) in [4.78, 5) is 43.3. The number of nitro groups is 3. The number of amides is 1. The van der Waals surface area contributed by atoms with E-state index in [2.05, 4.69) is 5.32 Å². The monoisotopic (exact) mass is 509 g/mol. The fourth-order valence-electron chi connectivity index (χ4n) is 2.87. The first-order valence-electron chi connectivity index (χ1n) is 9.67. The second-order valence-corrected chi connectivity index (χ2v) is 7.30. The minimum atomic E-state index is -0.841. The van der Waals surface area contributed by atoms with Crippen LogP contribution in [0.3, 0.4) is 0 Å². The molecule has 0 unspecified atom stereocenters. The number of benzene rings is 3. The Balaban J connectivity index is 1.83. The molecule has 3 aromatic rings. The van der Waals surface area contributed by atoms with Gasteiger partial charge in [0, 0.05) is 23.9 Å². The highest BCUT2D eigenvalue weighted by molar-refractivity contribution is 6.32. The van der Waals surface area contributed by atoms with E-state index in [4.69, 9.17) is 16.3 Å². The van der Waals surface area contributed by atoms with Crippen molar-refractivity contribution >= 4 is 46.3 Å². The lowest BCUT2D eigenvalue weighted by Gasteiger charge is -2.09. The number of halogens is 1. The van der Waals surface area contributed by atoms with Crippen molar-refractivity contribution in [2.45, 2.75) is 0 Å². The van der Waals surface area contributed by atoms with Crippen LogP contribution in [0.2, 0.25) is 5.02 Å². The fraction of sp³-hybridized carbons (Fsp3) is 0. The lowest BCUT2D eigenvalue weighted by atomic mass is 10.1. The van der Waals surface area contributed by atoms with E-state index in [1.54, 1.807) is 6.07 Å². The number of carbonyl (C=O) groups is 1. The molecular weight excluding hydrogens is 498 g/mol. The number of nitrogens with one attached hydrogen (secondary N) is 1. The van der Waals surface area contributed by atoms with E-state index < -0.39 is 32.1 Å². The van der Waals surface area contributed by atoms with Gasteiger partial charge in [0.25, 0.3) is 17.3 Å². The van der Waals surface area contributed by atoms with Crippen LogP contribution in [0.4, 0.5) is 22.7 Å². The summed E-state index contributed by atoms with van der Waals surface area (Å²) in [5.41, 5.74) is -1.30. The molecule has 0 saturated heterocycles. The molecule has 0 spiro atoms. The van der Waals surface area contributed by atoms with Crippen LogP contribution < -0.4 is 10.1 Å². The molecule has 0 aliphatic heterocycles. The lowest BCUT2D eigenvalue weighted by molar-refractivity contribution is -0.394. The molecule has 0 saturated carbocycles. The van der Waals surface area contributed by atoms with E-state index >= 15 is 0 Å². The predicted octanol–water partition coefficient (Wildman–Crippen LogP) is 5.40. The van der Waals surface area contributed by atoms with Crippen molar-refractivity contribution in [3.63, 3.8) is 0 Å². The summed E-state index contributed by atoms with van der Waals surface area (Å²) < 4.78 is 5.46. The Morgan fingerprint density at radius 3 is 2.19 bits per heavy atom. The first kappa shape index (κ1) is 25.3. The summed E-state index contributed by atoms with van der Waals surface area (Å²) in [5, 5.41) is 44.8. The smallest absolute Gasteiger partial charge is 0.318 e. The van der Waals surface area contributed by atoms with Crippen molar-refractivity contribution in [3.05, 3.63) is 107 Å². The zero-order chi connectivity index (χ0) is 26.4. The normalized spacial score (nSPS) is 10.7. The molecule has 0 radical (unpaired) electrons. The van der Waals surface area contributed by atoms with Gasteiger partial charge in [-0.15, -0.1) is 0 Å². The number of ether oxygens (including phenoxy) is 1. The van der Waals surface area contributed by atoms with Crippen LogP contribution in [-0.2, 0) is 4.79 Å². The van der Waals surface area contributed by atoms with Gasteiger partial charge in [0.05, 0.1) is 25.9 Å². The number of rotatable bonds is 8. The minimum Gasteiger partial charge on any atom is -0.449 e. The third-order valence-electron chi connectivity index (χ3n) is 4.52. The van der Waals surface area contributed by atoms with Crippen molar-refractivity contribution in [1.82, 2.24) is 0 Å². The van der Waals surface area contributed by atoms with E-state index in [1.807, 2.05) is 0 Å². The zero-order valence-corrected chi connectivity index (χ0v) is 18.5. The van der Waals surface area contributed by atoms with Crippen LogP contribution in [0.5, 0.6) is 11.5 Å². The van der Waals surface area contributed by atoms with E-state index in [0.29, 0.717) is 5.56 Å². The third kappa shape index (κ3) is 5.95. The zero-order valence-electron chi connectivity index (χ0n) is 17.8. The average molecular weight is 510 g/mol. The number of nitrogens with zero attached hydrogens (tertiary/aromatic N) is 4. The Hall–Kier alpha value is -5.35. The van der Waals surface area contributed by atoms with Gasteiger partial charge < -0.3 is 10.1 Å². The Labute approximate surface area is 206 Å². The summed E-state index contributed by atoms with van der Waals surface area (Å²) in [7, 11) is 0. The van der Waals surface area contributed by atoms with Gasteiger partial charge in [-0.25, -0.2) is 0 Å². The standard InChI is InChI=1S/C22H12ClN5O8/c23-18-9-13(8-14(12-24)22(29)25-15-2-1-3-16(10-15)26(30)31)4-6-20(18)36-21-7-5-17(27(32)33)11-19(21)28(34)35/h1-11H,(H,25,29)/b14-8+. The largest absolute Gasteiger partial charge is 0.449 e. The van der Waals surface area contributed by atoms with Gasteiger partial charge >= 0.3 is 5.69 Å². The van der Waals surface area contributed by atoms with Crippen molar-refractivity contribution in [1.29, 1.82) is 5.26 Å². The summed E-state index contributed by atoms with van der Waals surface area (Å²) >= 11 is 6.20. The van der Waals surface area contributed by atoms with Gasteiger partial charge in [0.15, 0.2) is 0 Å². The molecular formula is C22H12ClN5O8. The number of nitriles is 1. The number of hydrogen-bond donors (Lipinski definition) is 1. The quantitative estimate of drug-likeness (QED) is 0.179. The molecule has 3 rings (SSSR count). The molecule has 0 fully saturated rings. The highest BCUT2D eigenvalue weighted by Crippen LogP contribution is 2.37. The van der Waals surface area contributed by atoms with Crippen LogP contribution in [0, 0.1) is 41.7 Å². The molecule has 0 aliphatic carbocycles. The van der Waals surface area contributed by atoms with Gasteiger partial charge in [0.1, 0.15) is 17.4 Å². The van der Waals surface area contributed by atoms with Crippen LogP contribution in [-0.4, -0.2) is 20.7 Å². The number of non-ortho nitro benzene ring substituents is 2. The summed E-state index contributed by atoms with van der Waals surface area (Å²) in [6, 6.07) is 13.8. The number of hydrogen-bond acceptors (Lipinski definition) is 9. The maximum Gasteiger partial charge on any atom is 0.318 e. The molecule has 1 N–H and O–H groups in total.